The largest absolute Gasteiger partial charge is 0.496 e. The van der Waals surface area contributed by atoms with E-state index in [9.17, 15) is 4.79 Å². The lowest BCUT2D eigenvalue weighted by Gasteiger charge is -2.32. The maximum Gasteiger partial charge on any atom is 0.496 e. The van der Waals surface area contributed by atoms with Crippen molar-refractivity contribution < 1.29 is 13.7 Å². The highest BCUT2D eigenvalue weighted by Gasteiger charge is 2.52. The molecule has 0 saturated carbocycles. The molecule has 0 atom stereocenters. The van der Waals surface area contributed by atoms with Gasteiger partial charge in [0.15, 0.2) is 0 Å². The van der Waals surface area contributed by atoms with Crippen LogP contribution in [0.3, 0.4) is 0 Å². The quantitative estimate of drug-likeness (QED) is 0.606. The van der Waals surface area contributed by atoms with Crippen LogP contribution >= 0.6 is 11.6 Å². The van der Waals surface area contributed by atoms with Gasteiger partial charge in [-0.1, -0.05) is 35.9 Å². The molecule has 0 amide bonds. The number of nitrogens with zero attached hydrogens (tertiary/aromatic N) is 2. The second-order valence-corrected chi connectivity index (χ2v) is 8.51. The number of halogens is 1. The molecule has 150 valence electrons. The van der Waals surface area contributed by atoms with Crippen LogP contribution < -0.4 is 16.8 Å². The summed E-state index contributed by atoms with van der Waals surface area (Å²) in [7, 11) is 1.05. The Kier molecular flexibility index (Phi) is 4.72. The van der Waals surface area contributed by atoms with Crippen LogP contribution in [0.25, 0.3) is 10.9 Å². The fraction of sp³-hybridized carbons (Fsp3) is 0.333. The second-order valence-electron chi connectivity index (χ2n) is 8.13. The van der Waals surface area contributed by atoms with Crippen molar-refractivity contribution in [1.82, 2.24) is 4.57 Å². The molecule has 6 nitrogen and oxygen atoms in total. The highest BCUT2D eigenvalue weighted by Crippen LogP contribution is 2.37. The Morgan fingerprint density at radius 3 is 2.34 bits per heavy atom. The molecular weight excluding hydrogens is 391 g/mol. The standard InChI is InChI=1S/C21H22BClN2O4/c1-20(2)21(3,4)29-22(28-20)14-10-8-11-15(17(14)23)24-18-13-9-6-7-12-16(13)25(5)19(26)27-18/h6-12H,1-5H3/b24-18+. The number of para-hydroxylation sites is 1. The summed E-state index contributed by atoms with van der Waals surface area (Å²) >= 11 is 6.67. The van der Waals surface area contributed by atoms with Gasteiger partial charge in [0.2, 0.25) is 5.55 Å². The Hall–Kier alpha value is -2.35. The topological polar surface area (TPSA) is 66.0 Å². The van der Waals surface area contributed by atoms with E-state index in [0.717, 1.165) is 5.52 Å². The molecule has 1 aliphatic heterocycles. The Morgan fingerprint density at radius 2 is 1.66 bits per heavy atom. The molecule has 0 aliphatic carbocycles. The van der Waals surface area contributed by atoms with Gasteiger partial charge in [-0.2, -0.15) is 0 Å². The van der Waals surface area contributed by atoms with Crippen molar-refractivity contribution in [1.29, 1.82) is 0 Å². The van der Waals surface area contributed by atoms with Crippen LogP contribution in [0.1, 0.15) is 27.7 Å². The fourth-order valence-corrected chi connectivity index (χ4v) is 3.48. The van der Waals surface area contributed by atoms with E-state index in [1.165, 1.54) is 4.57 Å². The van der Waals surface area contributed by atoms with Gasteiger partial charge in [0.1, 0.15) is 0 Å². The second kappa shape index (κ2) is 6.87. The first kappa shape index (κ1) is 19.9. The summed E-state index contributed by atoms with van der Waals surface area (Å²) in [6, 6.07) is 12.9. The molecular formula is C21H22BClN2O4. The average molecular weight is 413 g/mol. The summed E-state index contributed by atoms with van der Waals surface area (Å²) in [5.74, 6) is -0.499. The predicted molar refractivity (Wildman–Crippen MR) is 114 cm³/mol. The summed E-state index contributed by atoms with van der Waals surface area (Å²) in [5, 5.41) is 1.11. The number of aryl methyl sites for hydroxylation is 1. The summed E-state index contributed by atoms with van der Waals surface area (Å²) in [5.41, 5.74) is 1.12. The van der Waals surface area contributed by atoms with Gasteiger partial charge in [-0.05, 0) is 45.9 Å². The number of hydrogen-bond donors (Lipinski definition) is 0. The Balaban J connectivity index is 1.86. The molecule has 1 saturated heterocycles. The van der Waals surface area contributed by atoms with E-state index >= 15 is 0 Å². The lowest BCUT2D eigenvalue weighted by molar-refractivity contribution is 0.00578. The molecule has 8 heteroatoms. The molecule has 4 rings (SSSR count). The molecule has 1 fully saturated rings. The molecule has 2 aromatic carbocycles. The predicted octanol–water partition coefficient (Wildman–Crippen LogP) is 3.32. The lowest BCUT2D eigenvalue weighted by Crippen LogP contribution is -2.41. The number of rotatable bonds is 2. The molecule has 29 heavy (non-hydrogen) atoms. The monoisotopic (exact) mass is 412 g/mol. The average Bonchev–Trinajstić information content (AvgIpc) is 2.88. The summed E-state index contributed by atoms with van der Waals surface area (Å²) in [4.78, 5) is 16.8. The van der Waals surface area contributed by atoms with Crippen molar-refractivity contribution in [2.75, 3.05) is 0 Å². The van der Waals surface area contributed by atoms with E-state index in [-0.39, 0.29) is 5.55 Å². The number of aromatic nitrogens is 1. The van der Waals surface area contributed by atoms with Crippen molar-refractivity contribution in [3.8, 4) is 0 Å². The van der Waals surface area contributed by atoms with Gasteiger partial charge in [0, 0.05) is 12.5 Å². The van der Waals surface area contributed by atoms with Crippen LogP contribution in [0, 0.1) is 0 Å². The molecule has 2 heterocycles. The molecule has 1 aliphatic rings. The van der Waals surface area contributed by atoms with Crippen LogP contribution in [-0.2, 0) is 16.4 Å². The summed E-state index contributed by atoms with van der Waals surface area (Å²) in [6.07, 6.45) is 0. The van der Waals surface area contributed by atoms with Gasteiger partial charge >= 0.3 is 12.9 Å². The summed E-state index contributed by atoms with van der Waals surface area (Å²) < 4.78 is 19.1. The minimum Gasteiger partial charge on any atom is -0.399 e. The van der Waals surface area contributed by atoms with E-state index in [2.05, 4.69) is 4.99 Å². The maximum absolute atomic E-state index is 12.2. The Labute approximate surface area is 173 Å². The van der Waals surface area contributed by atoms with E-state index in [0.29, 0.717) is 21.6 Å². The van der Waals surface area contributed by atoms with E-state index in [1.807, 2.05) is 64.1 Å². The van der Waals surface area contributed by atoms with Crippen molar-refractivity contribution in [3.63, 3.8) is 0 Å². The molecule has 3 aromatic rings. The van der Waals surface area contributed by atoms with Crippen LogP contribution in [0.15, 0.2) is 56.7 Å². The van der Waals surface area contributed by atoms with Crippen molar-refractivity contribution in [2.45, 2.75) is 38.9 Å². The Bertz CT molecular complexity index is 1210. The zero-order chi connectivity index (χ0) is 21.0. The normalized spacial score (nSPS) is 18.6. The van der Waals surface area contributed by atoms with Gasteiger partial charge in [0.05, 0.1) is 32.8 Å². The van der Waals surface area contributed by atoms with E-state index in [1.54, 1.807) is 13.1 Å². The highest BCUT2D eigenvalue weighted by atomic mass is 35.5. The molecule has 1 aromatic heterocycles. The van der Waals surface area contributed by atoms with Gasteiger partial charge in [0.25, 0.3) is 0 Å². The smallest absolute Gasteiger partial charge is 0.399 e. The Morgan fingerprint density at radius 1 is 1.00 bits per heavy atom. The minimum atomic E-state index is -0.611. The van der Waals surface area contributed by atoms with Crippen LogP contribution in [0.5, 0.6) is 0 Å². The van der Waals surface area contributed by atoms with Gasteiger partial charge in [-0.25, -0.2) is 9.79 Å². The number of hydrogen-bond acceptors (Lipinski definition) is 5. The van der Waals surface area contributed by atoms with Crippen LogP contribution in [0.4, 0.5) is 5.69 Å². The molecule has 0 unspecified atom stereocenters. The zero-order valence-corrected chi connectivity index (χ0v) is 17.8. The summed E-state index contributed by atoms with van der Waals surface area (Å²) in [6.45, 7) is 7.94. The van der Waals surface area contributed by atoms with Gasteiger partial charge in [-0.3, -0.25) is 4.57 Å². The molecule has 0 spiro atoms. The maximum atomic E-state index is 12.2. The van der Waals surface area contributed by atoms with Crippen molar-refractivity contribution in [3.05, 3.63) is 63.6 Å². The SMILES string of the molecule is Cn1c(=O)o/c(=N/c2cccc(B3OC(C)(C)C(C)(C)O3)c2Cl)c2ccccc21. The third-order valence-corrected chi connectivity index (χ3v) is 6.10. The molecule has 0 N–H and O–H groups in total. The van der Waals surface area contributed by atoms with Crippen molar-refractivity contribution >= 4 is 40.8 Å². The first-order chi connectivity index (χ1) is 13.6. The third kappa shape index (κ3) is 3.33. The fourth-order valence-electron chi connectivity index (χ4n) is 3.22. The van der Waals surface area contributed by atoms with Gasteiger partial charge < -0.3 is 13.7 Å². The first-order valence-corrected chi connectivity index (χ1v) is 9.76. The van der Waals surface area contributed by atoms with Crippen LogP contribution in [-0.4, -0.2) is 22.9 Å². The van der Waals surface area contributed by atoms with Gasteiger partial charge in [-0.15, -0.1) is 0 Å². The zero-order valence-electron chi connectivity index (χ0n) is 17.0. The highest BCUT2D eigenvalue weighted by molar-refractivity contribution is 6.66. The lowest BCUT2D eigenvalue weighted by atomic mass is 9.79. The minimum absolute atomic E-state index is 0.205. The van der Waals surface area contributed by atoms with Crippen LogP contribution in [0.2, 0.25) is 5.02 Å². The van der Waals surface area contributed by atoms with Crippen molar-refractivity contribution in [2.24, 2.45) is 12.0 Å². The van der Waals surface area contributed by atoms with E-state index < -0.39 is 24.1 Å². The first-order valence-electron chi connectivity index (χ1n) is 9.38. The number of benzene rings is 2. The molecule has 0 radical (unpaired) electrons. The van der Waals surface area contributed by atoms with E-state index in [4.69, 9.17) is 25.3 Å². The third-order valence-electron chi connectivity index (χ3n) is 5.69. The number of fused-ring (bicyclic) bond motifs is 1. The molecule has 0 bridgehead atoms.